The number of para-hydroxylation sites is 1. The van der Waals surface area contributed by atoms with Gasteiger partial charge in [-0.2, -0.15) is 0 Å². The average molecular weight is 307 g/mol. The van der Waals surface area contributed by atoms with Gasteiger partial charge in [0.1, 0.15) is 5.82 Å². The molecule has 1 aliphatic carbocycles. The number of hydrogen-bond acceptors (Lipinski definition) is 1. The van der Waals surface area contributed by atoms with Gasteiger partial charge < -0.3 is 5.32 Å². The number of nitrogens with one attached hydrogen (secondary N) is 1. The maximum Gasteiger partial charge on any atom is 0.123 e. The van der Waals surface area contributed by atoms with E-state index in [1.807, 2.05) is 12.1 Å². The molecule has 0 fully saturated rings. The van der Waals surface area contributed by atoms with Crippen LogP contribution in [0.15, 0.2) is 54.6 Å². The maximum absolute atomic E-state index is 13.3. The van der Waals surface area contributed by atoms with Crippen LogP contribution in [0, 0.1) is 11.7 Å². The van der Waals surface area contributed by atoms with Gasteiger partial charge in [-0.05, 0) is 47.1 Å². The molecule has 0 aromatic heterocycles. The van der Waals surface area contributed by atoms with Gasteiger partial charge >= 0.3 is 0 Å². The van der Waals surface area contributed by atoms with Crippen molar-refractivity contribution in [1.29, 1.82) is 0 Å². The minimum atomic E-state index is -0.172. The van der Waals surface area contributed by atoms with Gasteiger partial charge in [0, 0.05) is 11.6 Å². The van der Waals surface area contributed by atoms with E-state index in [9.17, 15) is 4.39 Å². The van der Waals surface area contributed by atoms with Gasteiger partial charge in [0.25, 0.3) is 0 Å². The zero-order valence-electron chi connectivity index (χ0n) is 13.6. The van der Waals surface area contributed by atoms with E-state index in [-0.39, 0.29) is 11.9 Å². The van der Waals surface area contributed by atoms with Crippen LogP contribution in [0.5, 0.6) is 0 Å². The molecule has 0 spiro atoms. The summed E-state index contributed by atoms with van der Waals surface area (Å²) in [7, 11) is 0. The van der Waals surface area contributed by atoms with Crippen LogP contribution in [0.1, 0.15) is 54.8 Å². The third kappa shape index (κ3) is 2.37. The smallest absolute Gasteiger partial charge is 0.123 e. The number of rotatable bonds is 2. The summed E-state index contributed by atoms with van der Waals surface area (Å²) in [6, 6.07) is 13.9. The molecule has 4 rings (SSSR count). The van der Waals surface area contributed by atoms with Gasteiger partial charge in [-0.1, -0.05) is 56.3 Å². The van der Waals surface area contributed by atoms with Crippen molar-refractivity contribution in [2.24, 2.45) is 5.92 Å². The Kier molecular flexibility index (Phi) is 3.48. The van der Waals surface area contributed by atoms with Crippen molar-refractivity contribution in [2.45, 2.75) is 38.1 Å². The molecule has 1 N–H and O–H groups in total. The number of benzene rings is 2. The van der Waals surface area contributed by atoms with Crippen LogP contribution in [0.2, 0.25) is 0 Å². The molecule has 0 radical (unpaired) electrons. The predicted molar refractivity (Wildman–Crippen MR) is 93.3 cm³/mol. The van der Waals surface area contributed by atoms with Gasteiger partial charge in [0.05, 0.1) is 6.04 Å². The number of anilines is 1. The normalized spacial score (nSPS) is 25.1. The van der Waals surface area contributed by atoms with E-state index in [1.165, 1.54) is 22.4 Å². The summed E-state index contributed by atoms with van der Waals surface area (Å²) in [5.74, 6) is 1.28. The van der Waals surface area contributed by atoms with E-state index in [0.717, 1.165) is 6.42 Å². The van der Waals surface area contributed by atoms with E-state index >= 15 is 0 Å². The molecule has 0 bridgehead atoms. The molecule has 2 heteroatoms. The molecule has 2 aliphatic rings. The summed E-state index contributed by atoms with van der Waals surface area (Å²) in [5, 5.41) is 3.79. The van der Waals surface area contributed by atoms with E-state index < -0.39 is 0 Å². The minimum absolute atomic E-state index is 0.172. The van der Waals surface area contributed by atoms with Crippen LogP contribution in [-0.4, -0.2) is 0 Å². The van der Waals surface area contributed by atoms with E-state index in [1.54, 1.807) is 12.1 Å². The molecular formula is C21H22FN. The number of hydrogen-bond donors (Lipinski definition) is 1. The quantitative estimate of drug-likeness (QED) is 0.694. The standard InChI is InChI=1S/C21H22FN/c1-13(2)16-5-3-8-19-17-6-4-7-18(17)20(23-21(16)19)14-9-11-15(22)12-10-14/h3-6,8-13,17-18,20,23H,7H2,1-2H3. The molecule has 0 amide bonds. The summed E-state index contributed by atoms with van der Waals surface area (Å²) < 4.78 is 13.3. The number of fused-ring (bicyclic) bond motifs is 3. The third-order valence-corrected chi connectivity index (χ3v) is 5.28. The lowest BCUT2D eigenvalue weighted by Gasteiger charge is -2.39. The third-order valence-electron chi connectivity index (χ3n) is 5.28. The van der Waals surface area contributed by atoms with Crippen molar-refractivity contribution in [1.82, 2.24) is 0 Å². The predicted octanol–water partition coefficient (Wildman–Crippen LogP) is 5.78. The van der Waals surface area contributed by atoms with Crippen LogP contribution in [0.4, 0.5) is 10.1 Å². The fourth-order valence-electron chi connectivity index (χ4n) is 4.13. The van der Waals surface area contributed by atoms with Gasteiger partial charge in [0.2, 0.25) is 0 Å². The van der Waals surface area contributed by atoms with Crippen LogP contribution in [-0.2, 0) is 0 Å². The van der Waals surface area contributed by atoms with Gasteiger partial charge in [-0.15, -0.1) is 0 Å². The maximum atomic E-state index is 13.3. The average Bonchev–Trinajstić information content (AvgIpc) is 3.04. The molecule has 2 aromatic carbocycles. The van der Waals surface area contributed by atoms with Crippen molar-refractivity contribution >= 4 is 5.69 Å². The molecule has 1 nitrogen and oxygen atoms in total. The molecule has 0 saturated carbocycles. The highest BCUT2D eigenvalue weighted by Crippen LogP contribution is 2.51. The largest absolute Gasteiger partial charge is 0.377 e. The Labute approximate surface area is 137 Å². The molecule has 0 saturated heterocycles. The fraction of sp³-hybridized carbons (Fsp3) is 0.333. The molecule has 3 atom stereocenters. The molecule has 1 heterocycles. The summed E-state index contributed by atoms with van der Waals surface area (Å²) >= 11 is 0. The first kappa shape index (κ1) is 14.5. The number of halogens is 1. The second kappa shape index (κ2) is 5.52. The first-order chi connectivity index (χ1) is 11.1. The highest BCUT2D eigenvalue weighted by atomic mass is 19.1. The Hall–Kier alpha value is -2.09. The van der Waals surface area contributed by atoms with E-state index in [2.05, 4.69) is 49.5 Å². The zero-order chi connectivity index (χ0) is 16.0. The topological polar surface area (TPSA) is 12.0 Å². The Bertz CT molecular complexity index is 745. The summed E-state index contributed by atoms with van der Waals surface area (Å²) in [6.07, 6.45) is 5.72. The lowest BCUT2D eigenvalue weighted by Crippen LogP contribution is -2.29. The molecule has 1 aliphatic heterocycles. The summed E-state index contributed by atoms with van der Waals surface area (Å²) in [6.45, 7) is 4.47. The number of allylic oxidation sites excluding steroid dienone is 2. The minimum Gasteiger partial charge on any atom is -0.377 e. The first-order valence-corrected chi connectivity index (χ1v) is 8.46. The van der Waals surface area contributed by atoms with E-state index in [4.69, 9.17) is 0 Å². The molecule has 2 aromatic rings. The second-order valence-electron chi connectivity index (χ2n) is 6.99. The molecule has 118 valence electrons. The lowest BCUT2D eigenvalue weighted by molar-refractivity contribution is 0.424. The summed E-state index contributed by atoms with van der Waals surface area (Å²) in [5.41, 5.74) is 5.24. The van der Waals surface area contributed by atoms with Crippen molar-refractivity contribution in [3.8, 4) is 0 Å². The van der Waals surface area contributed by atoms with Gasteiger partial charge in [0.15, 0.2) is 0 Å². The van der Waals surface area contributed by atoms with Gasteiger partial charge in [-0.25, -0.2) is 4.39 Å². The second-order valence-corrected chi connectivity index (χ2v) is 6.99. The van der Waals surface area contributed by atoms with Crippen molar-refractivity contribution in [2.75, 3.05) is 5.32 Å². The fourth-order valence-corrected chi connectivity index (χ4v) is 4.13. The van der Waals surface area contributed by atoms with Crippen molar-refractivity contribution < 1.29 is 4.39 Å². The Morgan fingerprint density at radius 2 is 1.87 bits per heavy atom. The van der Waals surface area contributed by atoms with E-state index in [0.29, 0.717) is 17.8 Å². The highest BCUT2D eigenvalue weighted by molar-refractivity contribution is 5.65. The van der Waals surface area contributed by atoms with Crippen molar-refractivity contribution in [3.63, 3.8) is 0 Å². The Morgan fingerprint density at radius 3 is 2.61 bits per heavy atom. The molecule has 3 unspecified atom stereocenters. The monoisotopic (exact) mass is 307 g/mol. The molecular weight excluding hydrogens is 285 g/mol. The summed E-state index contributed by atoms with van der Waals surface area (Å²) in [4.78, 5) is 0. The Morgan fingerprint density at radius 1 is 1.09 bits per heavy atom. The van der Waals surface area contributed by atoms with Crippen LogP contribution in [0.25, 0.3) is 0 Å². The zero-order valence-corrected chi connectivity index (χ0v) is 13.6. The van der Waals surface area contributed by atoms with Gasteiger partial charge in [-0.3, -0.25) is 0 Å². The van der Waals surface area contributed by atoms with Crippen LogP contribution >= 0.6 is 0 Å². The Balaban J connectivity index is 1.82. The lowest BCUT2D eigenvalue weighted by atomic mass is 9.75. The van der Waals surface area contributed by atoms with Crippen LogP contribution < -0.4 is 5.32 Å². The van der Waals surface area contributed by atoms with Crippen molar-refractivity contribution in [3.05, 3.63) is 77.1 Å². The van der Waals surface area contributed by atoms with Crippen LogP contribution in [0.3, 0.4) is 0 Å². The SMILES string of the molecule is CC(C)c1cccc2c1NC(c1ccc(F)cc1)C1CC=CC21. The first-order valence-electron chi connectivity index (χ1n) is 8.46. The molecule has 23 heavy (non-hydrogen) atoms. The highest BCUT2D eigenvalue weighted by Gasteiger charge is 2.38.